The zero-order chi connectivity index (χ0) is 14.8. The Labute approximate surface area is 130 Å². The van der Waals surface area contributed by atoms with E-state index in [4.69, 9.17) is 16.3 Å². The van der Waals surface area contributed by atoms with Gasteiger partial charge in [-0.05, 0) is 37.0 Å². The largest absolute Gasteiger partial charge is 0.376 e. The van der Waals surface area contributed by atoms with Crippen molar-refractivity contribution in [3.8, 4) is 0 Å². The second kappa shape index (κ2) is 6.34. The quantitative estimate of drug-likeness (QED) is 0.930. The van der Waals surface area contributed by atoms with Gasteiger partial charge in [0.1, 0.15) is 6.17 Å². The molecule has 114 valence electrons. The molecule has 1 N–H and O–H groups in total. The molecular formula is C16H21ClN2O2. The van der Waals surface area contributed by atoms with Crippen LogP contribution >= 0.6 is 11.6 Å². The number of amides is 1. The lowest BCUT2D eigenvalue weighted by Gasteiger charge is -2.27. The summed E-state index contributed by atoms with van der Waals surface area (Å²) in [6, 6.07) is 7.59. The number of nitrogens with one attached hydrogen (secondary N) is 1. The van der Waals surface area contributed by atoms with Crippen molar-refractivity contribution >= 4 is 17.5 Å². The van der Waals surface area contributed by atoms with Gasteiger partial charge in [-0.3, -0.25) is 10.1 Å². The van der Waals surface area contributed by atoms with Crippen molar-refractivity contribution in [2.24, 2.45) is 0 Å². The molecular weight excluding hydrogens is 288 g/mol. The summed E-state index contributed by atoms with van der Waals surface area (Å²) in [5.74, 6) is 0.174. The van der Waals surface area contributed by atoms with Crippen LogP contribution in [-0.4, -0.2) is 36.1 Å². The third kappa shape index (κ3) is 3.07. The summed E-state index contributed by atoms with van der Waals surface area (Å²) in [4.78, 5) is 14.5. The van der Waals surface area contributed by atoms with E-state index in [1.807, 2.05) is 36.1 Å². The fourth-order valence-corrected chi connectivity index (χ4v) is 3.22. The molecule has 3 unspecified atom stereocenters. The van der Waals surface area contributed by atoms with Crippen LogP contribution < -0.4 is 5.32 Å². The van der Waals surface area contributed by atoms with Crippen molar-refractivity contribution in [1.29, 1.82) is 0 Å². The molecule has 0 aliphatic carbocycles. The van der Waals surface area contributed by atoms with E-state index < -0.39 is 0 Å². The average molecular weight is 309 g/mol. The van der Waals surface area contributed by atoms with Gasteiger partial charge in [0, 0.05) is 18.2 Å². The normalized spacial score (nSPS) is 29.3. The Kier molecular flexibility index (Phi) is 4.48. The van der Waals surface area contributed by atoms with Gasteiger partial charge in [-0.25, -0.2) is 0 Å². The van der Waals surface area contributed by atoms with Crippen LogP contribution in [0.5, 0.6) is 0 Å². The number of hydrogen-bond donors (Lipinski definition) is 1. The van der Waals surface area contributed by atoms with Crippen LogP contribution in [-0.2, 0) is 9.53 Å². The van der Waals surface area contributed by atoms with E-state index in [-0.39, 0.29) is 24.2 Å². The minimum atomic E-state index is -0.105. The molecule has 0 saturated carbocycles. The van der Waals surface area contributed by atoms with Gasteiger partial charge in [-0.1, -0.05) is 30.7 Å². The molecule has 1 aromatic carbocycles. The van der Waals surface area contributed by atoms with Gasteiger partial charge in [-0.15, -0.1) is 0 Å². The highest BCUT2D eigenvalue weighted by molar-refractivity contribution is 6.30. The van der Waals surface area contributed by atoms with Crippen LogP contribution in [0.15, 0.2) is 24.3 Å². The number of nitrogens with zero attached hydrogens (tertiary/aromatic N) is 1. The fourth-order valence-electron chi connectivity index (χ4n) is 3.10. The Bertz CT molecular complexity index is 500. The number of carbonyl (C=O) groups excluding carboxylic acids is 1. The van der Waals surface area contributed by atoms with Crippen molar-refractivity contribution < 1.29 is 9.53 Å². The number of rotatable bonds is 4. The van der Waals surface area contributed by atoms with Crippen LogP contribution in [0.4, 0.5) is 0 Å². The molecule has 0 spiro atoms. The first kappa shape index (κ1) is 14.8. The molecule has 1 amide bonds. The highest BCUT2D eigenvalue weighted by Gasteiger charge is 2.39. The zero-order valence-corrected chi connectivity index (χ0v) is 13.0. The second-order valence-corrected chi connectivity index (χ2v) is 6.14. The monoisotopic (exact) mass is 308 g/mol. The Morgan fingerprint density at radius 3 is 2.76 bits per heavy atom. The summed E-state index contributed by atoms with van der Waals surface area (Å²) in [7, 11) is 0. The van der Waals surface area contributed by atoms with Crippen LogP contribution in [0, 0.1) is 0 Å². The molecule has 2 aliphatic rings. The van der Waals surface area contributed by atoms with Gasteiger partial charge < -0.3 is 9.64 Å². The molecule has 0 aromatic heterocycles. The smallest absolute Gasteiger partial charge is 0.241 e. The standard InChI is InChI=1S/C16H21ClN2O2/c1-2-14-16(20)19(10-13-4-3-9-21-13)15(18-14)11-5-7-12(17)8-6-11/h5-8,13-15,18H,2-4,9-10H2,1H3. The highest BCUT2D eigenvalue weighted by Crippen LogP contribution is 2.29. The predicted octanol–water partition coefficient (Wildman–Crippen LogP) is 2.73. The third-order valence-electron chi connectivity index (χ3n) is 4.27. The minimum absolute atomic E-state index is 0.0797. The molecule has 2 heterocycles. The van der Waals surface area contributed by atoms with E-state index in [0.29, 0.717) is 11.6 Å². The molecule has 21 heavy (non-hydrogen) atoms. The van der Waals surface area contributed by atoms with Crippen molar-refractivity contribution in [3.63, 3.8) is 0 Å². The molecule has 3 rings (SSSR count). The molecule has 2 saturated heterocycles. The number of hydrogen-bond acceptors (Lipinski definition) is 3. The maximum atomic E-state index is 12.6. The topological polar surface area (TPSA) is 41.6 Å². The van der Waals surface area contributed by atoms with Crippen LogP contribution in [0.3, 0.4) is 0 Å². The number of benzene rings is 1. The van der Waals surface area contributed by atoms with Crippen LogP contribution in [0.1, 0.15) is 37.9 Å². The molecule has 2 fully saturated rings. The van der Waals surface area contributed by atoms with E-state index in [1.165, 1.54) is 0 Å². The summed E-state index contributed by atoms with van der Waals surface area (Å²) in [5, 5.41) is 4.14. The molecule has 5 heteroatoms. The predicted molar refractivity (Wildman–Crippen MR) is 82.1 cm³/mol. The lowest BCUT2D eigenvalue weighted by Crippen LogP contribution is -2.37. The van der Waals surface area contributed by atoms with Gasteiger partial charge >= 0.3 is 0 Å². The van der Waals surface area contributed by atoms with Crippen LogP contribution in [0.25, 0.3) is 0 Å². The molecule has 0 bridgehead atoms. The lowest BCUT2D eigenvalue weighted by molar-refractivity contribution is -0.131. The highest BCUT2D eigenvalue weighted by atomic mass is 35.5. The van der Waals surface area contributed by atoms with E-state index >= 15 is 0 Å². The zero-order valence-electron chi connectivity index (χ0n) is 12.2. The summed E-state index contributed by atoms with van der Waals surface area (Å²) in [6.07, 6.45) is 3.01. The maximum absolute atomic E-state index is 12.6. The SMILES string of the molecule is CCC1NC(c2ccc(Cl)cc2)N(CC2CCCO2)C1=O. The van der Waals surface area contributed by atoms with Crippen molar-refractivity contribution in [2.45, 2.75) is 44.5 Å². The Hall–Kier alpha value is -1.10. The second-order valence-electron chi connectivity index (χ2n) is 5.71. The van der Waals surface area contributed by atoms with Gasteiger partial charge in [0.2, 0.25) is 5.91 Å². The van der Waals surface area contributed by atoms with Gasteiger partial charge in [0.15, 0.2) is 0 Å². The van der Waals surface area contributed by atoms with Crippen LogP contribution in [0.2, 0.25) is 5.02 Å². The summed E-state index contributed by atoms with van der Waals surface area (Å²) < 4.78 is 5.69. The minimum Gasteiger partial charge on any atom is -0.376 e. The Morgan fingerprint density at radius 1 is 1.38 bits per heavy atom. The number of carbonyl (C=O) groups is 1. The molecule has 1 aromatic rings. The maximum Gasteiger partial charge on any atom is 0.241 e. The average Bonchev–Trinajstić information content (AvgIpc) is 3.10. The van der Waals surface area contributed by atoms with Crippen molar-refractivity contribution in [3.05, 3.63) is 34.9 Å². The first-order valence-electron chi connectivity index (χ1n) is 7.62. The van der Waals surface area contributed by atoms with E-state index in [0.717, 1.165) is 31.4 Å². The molecule has 0 radical (unpaired) electrons. The van der Waals surface area contributed by atoms with E-state index in [1.54, 1.807) is 0 Å². The Morgan fingerprint density at radius 2 is 2.14 bits per heavy atom. The van der Waals surface area contributed by atoms with Crippen molar-refractivity contribution in [2.75, 3.05) is 13.2 Å². The molecule has 4 nitrogen and oxygen atoms in total. The van der Waals surface area contributed by atoms with E-state index in [9.17, 15) is 4.79 Å². The number of ether oxygens (including phenoxy) is 1. The lowest BCUT2D eigenvalue weighted by atomic mass is 10.1. The summed E-state index contributed by atoms with van der Waals surface area (Å²) in [6.45, 7) is 3.50. The van der Waals surface area contributed by atoms with Gasteiger partial charge in [0.05, 0.1) is 12.1 Å². The summed E-state index contributed by atoms with van der Waals surface area (Å²) in [5.41, 5.74) is 1.07. The van der Waals surface area contributed by atoms with E-state index in [2.05, 4.69) is 5.32 Å². The Balaban J connectivity index is 1.81. The number of halogens is 1. The molecule has 3 atom stereocenters. The first-order valence-corrected chi connectivity index (χ1v) is 8.00. The van der Waals surface area contributed by atoms with Gasteiger partial charge in [0.25, 0.3) is 0 Å². The van der Waals surface area contributed by atoms with Crippen molar-refractivity contribution in [1.82, 2.24) is 10.2 Å². The fraction of sp³-hybridized carbons (Fsp3) is 0.562. The molecule has 2 aliphatic heterocycles. The third-order valence-corrected chi connectivity index (χ3v) is 4.52. The summed E-state index contributed by atoms with van der Waals surface area (Å²) >= 11 is 5.96. The first-order chi connectivity index (χ1) is 10.2. The van der Waals surface area contributed by atoms with Gasteiger partial charge in [-0.2, -0.15) is 0 Å².